The van der Waals surface area contributed by atoms with Crippen LogP contribution in [0.5, 0.6) is 0 Å². The van der Waals surface area contributed by atoms with E-state index in [9.17, 15) is 0 Å². The van der Waals surface area contributed by atoms with Gasteiger partial charge in [-0.25, -0.2) is 0 Å². The van der Waals surface area contributed by atoms with E-state index in [0.29, 0.717) is 5.41 Å². The summed E-state index contributed by atoms with van der Waals surface area (Å²) >= 11 is 0. The molecule has 1 aliphatic heterocycles. The van der Waals surface area contributed by atoms with Crippen LogP contribution in [0.15, 0.2) is 4.99 Å². The topological polar surface area (TPSA) is 48.9 Å². The minimum absolute atomic E-state index is 0.473. The Morgan fingerprint density at radius 1 is 1.22 bits per heavy atom. The number of rotatable bonds is 8. The number of hydrogen-bond donors (Lipinski definition) is 2. The van der Waals surface area contributed by atoms with Gasteiger partial charge in [0.15, 0.2) is 5.96 Å². The summed E-state index contributed by atoms with van der Waals surface area (Å²) in [7, 11) is 0. The number of hydrogen-bond acceptors (Lipinski definition) is 3. The highest BCUT2D eigenvalue weighted by molar-refractivity contribution is 5.79. The molecular weight excluding hydrogens is 288 g/mol. The lowest BCUT2D eigenvalue weighted by atomic mass is 9.64. The van der Waals surface area contributed by atoms with Crippen molar-refractivity contribution in [3.8, 4) is 0 Å². The van der Waals surface area contributed by atoms with Crippen LogP contribution in [0, 0.1) is 11.3 Å². The van der Waals surface area contributed by atoms with Gasteiger partial charge in [0.2, 0.25) is 0 Å². The fraction of sp³-hybridized carbons (Fsp3) is 0.944. The zero-order chi connectivity index (χ0) is 16.5. The average molecular weight is 325 g/mol. The molecule has 0 aromatic heterocycles. The molecule has 1 aliphatic carbocycles. The summed E-state index contributed by atoms with van der Waals surface area (Å²) in [6, 6.07) is 0. The molecule has 5 nitrogen and oxygen atoms in total. The van der Waals surface area contributed by atoms with E-state index in [0.717, 1.165) is 64.4 Å². The summed E-state index contributed by atoms with van der Waals surface area (Å²) in [5, 5.41) is 6.89. The summed E-state index contributed by atoms with van der Waals surface area (Å²) in [6.45, 7) is 14.5. The molecular formula is C18H36N4O. The molecule has 23 heavy (non-hydrogen) atoms. The van der Waals surface area contributed by atoms with E-state index in [4.69, 9.17) is 9.73 Å². The molecule has 0 bridgehead atoms. The van der Waals surface area contributed by atoms with Gasteiger partial charge in [0.25, 0.3) is 0 Å². The SMILES string of the molecule is CCNC(=NCC1(CC(C)C)CCC1)NCCN1CCOCC1. The third kappa shape index (κ3) is 6.30. The van der Waals surface area contributed by atoms with E-state index >= 15 is 0 Å². The zero-order valence-electron chi connectivity index (χ0n) is 15.4. The molecule has 0 aromatic carbocycles. The standard InChI is InChI=1S/C18H36N4O/c1-4-19-17(20-8-9-22-10-12-23-13-11-22)21-15-18(6-5-7-18)14-16(2)3/h16H,4-15H2,1-3H3,(H2,19,20,21). The van der Waals surface area contributed by atoms with Crippen molar-refractivity contribution in [1.82, 2.24) is 15.5 Å². The van der Waals surface area contributed by atoms with Crippen LogP contribution in [0.4, 0.5) is 0 Å². The van der Waals surface area contributed by atoms with Crippen LogP contribution in [0.1, 0.15) is 46.5 Å². The van der Waals surface area contributed by atoms with Crippen LogP contribution in [0.25, 0.3) is 0 Å². The normalized spacial score (nSPS) is 22.0. The fourth-order valence-corrected chi connectivity index (χ4v) is 3.72. The van der Waals surface area contributed by atoms with Crippen LogP contribution in [-0.4, -0.2) is 63.3 Å². The molecule has 0 radical (unpaired) electrons. The van der Waals surface area contributed by atoms with Crippen molar-refractivity contribution in [1.29, 1.82) is 0 Å². The maximum absolute atomic E-state index is 5.39. The van der Waals surface area contributed by atoms with Gasteiger partial charge in [-0.2, -0.15) is 0 Å². The molecule has 0 spiro atoms. The Balaban J connectivity index is 1.77. The van der Waals surface area contributed by atoms with E-state index in [2.05, 4.69) is 36.3 Å². The Kier molecular flexibility index (Phi) is 7.63. The van der Waals surface area contributed by atoms with Crippen LogP contribution < -0.4 is 10.6 Å². The van der Waals surface area contributed by atoms with Crippen molar-refractivity contribution in [2.45, 2.75) is 46.5 Å². The second kappa shape index (κ2) is 9.48. The lowest BCUT2D eigenvalue weighted by molar-refractivity contribution is 0.0389. The first kappa shape index (κ1) is 18.5. The van der Waals surface area contributed by atoms with Gasteiger partial charge in [0, 0.05) is 39.3 Å². The number of nitrogens with one attached hydrogen (secondary N) is 2. The summed E-state index contributed by atoms with van der Waals surface area (Å²) in [6.07, 6.45) is 5.39. The van der Waals surface area contributed by atoms with Crippen LogP contribution >= 0.6 is 0 Å². The quantitative estimate of drug-likeness (QED) is 0.530. The van der Waals surface area contributed by atoms with Crippen molar-refractivity contribution < 1.29 is 4.74 Å². The lowest BCUT2D eigenvalue weighted by Crippen LogP contribution is -2.45. The number of morpholine rings is 1. The van der Waals surface area contributed by atoms with Gasteiger partial charge >= 0.3 is 0 Å². The van der Waals surface area contributed by atoms with Crippen molar-refractivity contribution in [2.24, 2.45) is 16.3 Å². The van der Waals surface area contributed by atoms with E-state index < -0.39 is 0 Å². The summed E-state index contributed by atoms with van der Waals surface area (Å²) in [4.78, 5) is 7.35. The molecule has 1 saturated carbocycles. The first-order valence-corrected chi connectivity index (χ1v) is 9.46. The second-order valence-corrected chi connectivity index (χ2v) is 7.53. The summed E-state index contributed by atoms with van der Waals surface area (Å²) in [5.74, 6) is 1.75. The van der Waals surface area contributed by atoms with Gasteiger partial charge in [0.05, 0.1) is 13.2 Å². The molecule has 0 amide bonds. The van der Waals surface area contributed by atoms with Crippen molar-refractivity contribution in [3.05, 3.63) is 0 Å². The van der Waals surface area contributed by atoms with Crippen molar-refractivity contribution in [3.63, 3.8) is 0 Å². The number of guanidine groups is 1. The van der Waals surface area contributed by atoms with Gasteiger partial charge in [-0.15, -0.1) is 0 Å². The molecule has 5 heteroatoms. The molecule has 1 heterocycles. The monoisotopic (exact) mass is 324 g/mol. The van der Waals surface area contributed by atoms with Crippen LogP contribution in [-0.2, 0) is 4.74 Å². The van der Waals surface area contributed by atoms with Gasteiger partial charge in [-0.05, 0) is 37.5 Å². The Labute approximate surface area is 142 Å². The van der Waals surface area contributed by atoms with Crippen molar-refractivity contribution >= 4 is 5.96 Å². The number of aliphatic imine (C=N–C) groups is 1. The highest BCUT2D eigenvalue weighted by atomic mass is 16.5. The molecule has 2 rings (SSSR count). The molecule has 2 N–H and O–H groups in total. The number of nitrogens with zero attached hydrogens (tertiary/aromatic N) is 2. The highest BCUT2D eigenvalue weighted by Crippen LogP contribution is 2.46. The average Bonchev–Trinajstić information content (AvgIpc) is 2.50. The first-order valence-electron chi connectivity index (χ1n) is 9.46. The van der Waals surface area contributed by atoms with Crippen LogP contribution in [0.3, 0.4) is 0 Å². The Morgan fingerprint density at radius 3 is 2.52 bits per heavy atom. The molecule has 134 valence electrons. The molecule has 0 aromatic rings. The molecule has 0 unspecified atom stereocenters. The minimum atomic E-state index is 0.473. The largest absolute Gasteiger partial charge is 0.379 e. The second-order valence-electron chi connectivity index (χ2n) is 7.53. The van der Waals surface area contributed by atoms with Crippen molar-refractivity contribution in [2.75, 3.05) is 52.5 Å². The predicted octanol–water partition coefficient (Wildman–Crippen LogP) is 2.09. The Bertz CT molecular complexity index is 360. The maximum Gasteiger partial charge on any atom is 0.191 e. The highest BCUT2D eigenvalue weighted by Gasteiger charge is 2.37. The molecule has 0 atom stereocenters. The van der Waals surface area contributed by atoms with Gasteiger partial charge in [-0.1, -0.05) is 20.3 Å². The zero-order valence-corrected chi connectivity index (χ0v) is 15.4. The number of ether oxygens (including phenoxy) is 1. The third-order valence-corrected chi connectivity index (χ3v) is 5.00. The minimum Gasteiger partial charge on any atom is -0.379 e. The molecule has 2 fully saturated rings. The smallest absolute Gasteiger partial charge is 0.191 e. The molecule has 2 aliphatic rings. The Hall–Kier alpha value is -0.810. The Morgan fingerprint density at radius 2 is 1.96 bits per heavy atom. The van der Waals surface area contributed by atoms with Gasteiger partial charge in [0.1, 0.15) is 0 Å². The predicted molar refractivity (Wildman–Crippen MR) is 97.0 cm³/mol. The van der Waals surface area contributed by atoms with Crippen LogP contribution in [0.2, 0.25) is 0 Å². The van der Waals surface area contributed by atoms with Gasteiger partial charge < -0.3 is 15.4 Å². The first-order chi connectivity index (χ1) is 11.1. The molecule has 1 saturated heterocycles. The maximum atomic E-state index is 5.39. The van der Waals surface area contributed by atoms with Gasteiger partial charge in [-0.3, -0.25) is 9.89 Å². The fourth-order valence-electron chi connectivity index (χ4n) is 3.72. The van der Waals surface area contributed by atoms with E-state index in [-0.39, 0.29) is 0 Å². The third-order valence-electron chi connectivity index (χ3n) is 5.00. The summed E-state index contributed by atoms with van der Waals surface area (Å²) < 4.78 is 5.39. The van der Waals surface area contributed by atoms with E-state index in [1.807, 2.05) is 0 Å². The summed E-state index contributed by atoms with van der Waals surface area (Å²) in [5.41, 5.74) is 0.473. The van der Waals surface area contributed by atoms with E-state index in [1.165, 1.54) is 25.7 Å². The lowest BCUT2D eigenvalue weighted by Gasteiger charge is -2.42. The van der Waals surface area contributed by atoms with E-state index in [1.54, 1.807) is 0 Å².